The van der Waals surface area contributed by atoms with Crippen molar-refractivity contribution in [3.63, 3.8) is 0 Å². The first-order chi connectivity index (χ1) is 6.46. The molecule has 3 N–H and O–H groups in total. The van der Waals surface area contributed by atoms with Crippen LogP contribution in [0.2, 0.25) is 0 Å². The first-order valence-corrected chi connectivity index (χ1v) is 4.20. The number of aliphatic carboxylic acids is 1. The van der Waals surface area contributed by atoms with E-state index in [1.807, 2.05) is 0 Å². The van der Waals surface area contributed by atoms with Gasteiger partial charge in [0.1, 0.15) is 6.33 Å². The van der Waals surface area contributed by atoms with Crippen molar-refractivity contribution in [1.29, 1.82) is 0 Å². The molecule has 1 aromatic heterocycles. The number of hydrogen-bond acceptors (Lipinski definition) is 4. The summed E-state index contributed by atoms with van der Waals surface area (Å²) in [6.45, 7) is 3.15. The fourth-order valence-corrected chi connectivity index (χ4v) is 1.02. The molecule has 0 saturated carbocycles. The second kappa shape index (κ2) is 3.71. The second-order valence-electron chi connectivity index (χ2n) is 3.68. The highest BCUT2D eigenvalue weighted by molar-refractivity contribution is 5.74. The molecule has 0 bridgehead atoms. The maximum absolute atomic E-state index is 10.9. The SMILES string of the molecule is CC(C)(C(=O)O)[C@@H](N)c1cncnc1. The molecule has 1 aromatic rings. The predicted octanol–water partition coefficient (Wildman–Crippen LogP) is 0.587. The van der Waals surface area contributed by atoms with Crippen LogP contribution >= 0.6 is 0 Å². The van der Waals surface area contributed by atoms with E-state index in [-0.39, 0.29) is 0 Å². The maximum Gasteiger partial charge on any atom is 0.311 e. The Morgan fingerprint density at radius 2 is 2.00 bits per heavy atom. The van der Waals surface area contributed by atoms with Gasteiger partial charge in [-0.1, -0.05) is 0 Å². The van der Waals surface area contributed by atoms with Crippen LogP contribution in [0.15, 0.2) is 18.7 Å². The number of rotatable bonds is 3. The molecule has 0 saturated heterocycles. The zero-order valence-electron chi connectivity index (χ0n) is 8.14. The fraction of sp³-hybridized carbons (Fsp3) is 0.444. The van der Waals surface area contributed by atoms with E-state index in [9.17, 15) is 4.79 Å². The summed E-state index contributed by atoms with van der Waals surface area (Å²) in [5.41, 5.74) is 5.41. The summed E-state index contributed by atoms with van der Waals surface area (Å²) in [6.07, 6.45) is 4.44. The van der Waals surface area contributed by atoms with E-state index in [4.69, 9.17) is 10.8 Å². The highest BCUT2D eigenvalue weighted by Crippen LogP contribution is 2.30. The van der Waals surface area contributed by atoms with Crippen LogP contribution in [0.1, 0.15) is 25.5 Å². The van der Waals surface area contributed by atoms with Gasteiger partial charge in [-0.15, -0.1) is 0 Å². The fourth-order valence-electron chi connectivity index (χ4n) is 1.02. The van der Waals surface area contributed by atoms with Crippen LogP contribution in [0.3, 0.4) is 0 Å². The Balaban J connectivity index is 2.96. The Bertz CT molecular complexity index is 324. The van der Waals surface area contributed by atoms with Gasteiger partial charge >= 0.3 is 5.97 Å². The van der Waals surface area contributed by atoms with E-state index in [0.717, 1.165) is 0 Å². The van der Waals surface area contributed by atoms with Gasteiger partial charge in [-0.05, 0) is 13.8 Å². The molecule has 0 aliphatic rings. The largest absolute Gasteiger partial charge is 0.481 e. The standard InChI is InChI=1S/C9H13N3O2/c1-9(2,8(13)14)7(10)6-3-11-5-12-4-6/h3-5,7H,10H2,1-2H3,(H,13,14)/t7-/m0/s1. The topological polar surface area (TPSA) is 89.1 Å². The summed E-state index contributed by atoms with van der Waals surface area (Å²) >= 11 is 0. The van der Waals surface area contributed by atoms with Gasteiger partial charge in [0, 0.05) is 24.0 Å². The molecule has 0 fully saturated rings. The third kappa shape index (κ3) is 1.88. The van der Waals surface area contributed by atoms with Crippen molar-refractivity contribution < 1.29 is 9.90 Å². The molecule has 14 heavy (non-hydrogen) atoms. The summed E-state index contributed by atoms with van der Waals surface area (Å²) in [5, 5.41) is 8.95. The molecule has 0 aromatic carbocycles. The van der Waals surface area contributed by atoms with E-state index in [0.29, 0.717) is 5.56 Å². The average molecular weight is 195 g/mol. The van der Waals surface area contributed by atoms with Gasteiger partial charge in [0.2, 0.25) is 0 Å². The van der Waals surface area contributed by atoms with Crippen molar-refractivity contribution >= 4 is 5.97 Å². The molecule has 1 rings (SSSR count). The zero-order chi connectivity index (χ0) is 10.8. The molecule has 5 heteroatoms. The summed E-state index contributed by atoms with van der Waals surface area (Å²) in [5.74, 6) is -0.936. The van der Waals surface area contributed by atoms with Gasteiger partial charge in [-0.25, -0.2) is 9.97 Å². The molecule has 0 amide bonds. The summed E-state index contributed by atoms with van der Waals surface area (Å²) < 4.78 is 0. The molecular formula is C9H13N3O2. The van der Waals surface area contributed by atoms with Gasteiger partial charge in [0.15, 0.2) is 0 Å². The van der Waals surface area contributed by atoms with E-state index in [1.54, 1.807) is 13.8 Å². The van der Waals surface area contributed by atoms with Crippen LogP contribution in [-0.2, 0) is 4.79 Å². The van der Waals surface area contributed by atoms with Crippen molar-refractivity contribution in [3.8, 4) is 0 Å². The summed E-state index contributed by atoms with van der Waals surface area (Å²) in [6, 6.07) is -0.610. The van der Waals surface area contributed by atoms with Crippen LogP contribution in [0, 0.1) is 5.41 Å². The lowest BCUT2D eigenvalue weighted by Crippen LogP contribution is -2.36. The lowest BCUT2D eigenvalue weighted by Gasteiger charge is -2.26. The molecule has 0 radical (unpaired) electrons. The predicted molar refractivity (Wildman–Crippen MR) is 50.4 cm³/mol. The van der Waals surface area contributed by atoms with Crippen molar-refractivity contribution in [2.75, 3.05) is 0 Å². The minimum Gasteiger partial charge on any atom is -0.481 e. The van der Waals surface area contributed by atoms with Gasteiger partial charge in [-0.2, -0.15) is 0 Å². The maximum atomic E-state index is 10.9. The molecule has 0 aliphatic carbocycles. The molecule has 0 spiro atoms. The Morgan fingerprint density at radius 3 is 2.43 bits per heavy atom. The highest BCUT2D eigenvalue weighted by Gasteiger charge is 2.35. The number of nitrogens with two attached hydrogens (primary N) is 1. The Labute approximate surface area is 82.0 Å². The number of carbonyl (C=O) groups is 1. The van der Waals surface area contributed by atoms with Crippen LogP contribution < -0.4 is 5.73 Å². The molecule has 0 aliphatic heterocycles. The van der Waals surface area contributed by atoms with E-state index >= 15 is 0 Å². The number of aromatic nitrogens is 2. The summed E-state index contributed by atoms with van der Waals surface area (Å²) in [4.78, 5) is 18.5. The molecule has 1 atom stereocenters. The van der Waals surface area contributed by atoms with Crippen molar-refractivity contribution in [2.24, 2.45) is 11.1 Å². The van der Waals surface area contributed by atoms with Gasteiger partial charge < -0.3 is 10.8 Å². The lowest BCUT2D eigenvalue weighted by atomic mass is 9.82. The lowest BCUT2D eigenvalue weighted by molar-refractivity contribution is -0.148. The minimum absolute atomic E-state index is 0.610. The Hall–Kier alpha value is -1.49. The highest BCUT2D eigenvalue weighted by atomic mass is 16.4. The molecule has 76 valence electrons. The molecular weight excluding hydrogens is 182 g/mol. The van der Waals surface area contributed by atoms with Crippen molar-refractivity contribution in [3.05, 3.63) is 24.3 Å². The van der Waals surface area contributed by atoms with Gasteiger partial charge in [-0.3, -0.25) is 4.79 Å². The number of hydrogen-bond donors (Lipinski definition) is 2. The normalized spacial score (nSPS) is 13.6. The Kier molecular flexibility index (Phi) is 2.81. The average Bonchev–Trinajstić information content (AvgIpc) is 2.17. The third-order valence-electron chi connectivity index (χ3n) is 2.27. The number of nitrogens with zero attached hydrogens (tertiary/aromatic N) is 2. The van der Waals surface area contributed by atoms with Crippen molar-refractivity contribution in [2.45, 2.75) is 19.9 Å². The van der Waals surface area contributed by atoms with E-state index in [2.05, 4.69) is 9.97 Å². The first-order valence-electron chi connectivity index (χ1n) is 4.20. The number of carboxylic acids is 1. The second-order valence-corrected chi connectivity index (χ2v) is 3.68. The Morgan fingerprint density at radius 1 is 1.50 bits per heavy atom. The zero-order valence-corrected chi connectivity index (χ0v) is 8.14. The van der Waals surface area contributed by atoms with Gasteiger partial charge in [0.25, 0.3) is 0 Å². The minimum atomic E-state index is -1.02. The monoisotopic (exact) mass is 195 g/mol. The first kappa shape index (κ1) is 10.6. The van der Waals surface area contributed by atoms with E-state index in [1.165, 1.54) is 18.7 Å². The molecule has 1 heterocycles. The van der Waals surface area contributed by atoms with E-state index < -0.39 is 17.4 Å². The van der Waals surface area contributed by atoms with Crippen molar-refractivity contribution in [1.82, 2.24) is 9.97 Å². The summed E-state index contributed by atoms with van der Waals surface area (Å²) in [7, 11) is 0. The third-order valence-corrected chi connectivity index (χ3v) is 2.27. The quantitative estimate of drug-likeness (QED) is 0.736. The van der Waals surface area contributed by atoms with Gasteiger partial charge in [0.05, 0.1) is 5.41 Å². The smallest absolute Gasteiger partial charge is 0.311 e. The molecule has 0 unspecified atom stereocenters. The van der Waals surface area contributed by atoms with Crippen LogP contribution in [0.5, 0.6) is 0 Å². The molecule has 5 nitrogen and oxygen atoms in total. The number of carboxylic acid groups (broad SMARTS) is 1. The van der Waals surface area contributed by atoms with Crippen LogP contribution in [-0.4, -0.2) is 21.0 Å². The van der Waals surface area contributed by atoms with Crippen LogP contribution in [0.25, 0.3) is 0 Å². The van der Waals surface area contributed by atoms with Crippen LogP contribution in [0.4, 0.5) is 0 Å².